The molecule has 0 aliphatic rings. The summed E-state index contributed by atoms with van der Waals surface area (Å²) in [5.74, 6) is 0.441. The molecule has 0 atom stereocenters. The summed E-state index contributed by atoms with van der Waals surface area (Å²) >= 11 is 4.65. The summed E-state index contributed by atoms with van der Waals surface area (Å²) in [6, 6.07) is 1.93. The van der Waals surface area contributed by atoms with Crippen molar-refractivity contribution < 1.29 is 4.79 Å². The Labute approximate surface area is 93.6 Å². The minimum atomic E-state index is -0.218. The lowest BCUT2D eigenvalue weighted by atomic mass is 10.4. The Morgan fingerprint density at radius 2 is 2.40 bits per heavy atom. The molecule has 6 heteroatoms. The molecule has 0 radical (unpaired) electrons. The summed E-state index contributed by atoms with van der Waals surface area (Å²) in [6.07, 6.45) is 1.69. The molecule has 1 amide bonds. The number of carbonyl (C=O) groups is 1. The smallest absolute Gasteiger partial charge is 0.232 e. The molecule has 5 nitrogen and oxygen atoms in total. The van der Waals surface area contributed by atoms with E-state index in [2.05, 4.69) is 22.6 Å². The zero-order valence-electron chi connectivity index (χ0n) is 8.73. The SMILES string of the molecule is CC(C)n1nccc1NC(=O)CC(N)=S. The van der Waals surface area contributed by atoms with Crippen molar-refractivity contribution in [1.82, 2.24) is 9.78 Å². The lowest BCUT2D eigenvalue weighted by Gasteiger charge is -2.11. The maximum Gasteiger partial charge on any atom is 0.232 e. The average Bonchev–Trinajstić information content (AvgIpc) is 2.50. The molecule has 82 valence electrons. The molecule has 1 heterocycles. The second kappa shape index (κ2) is 4.88. The number of anilines is 1. The van der Waals surface area contributed by atoms with Crippen LogP contribution in [0.15, 0.2) is 12.3 Å². The van der Waals surface area contributed by atoms with Crippen molar-refractivity contribution in [3.63, 3.8) is 0 Å². The van der Waals surface area contributed by atoms with Crippen LogP contribution in [0.3, 0.4) is 0 Å². The van der Waals surface area contributed by atoms with E-state index in [1.54, 1.807) is 16.9 Å². The zero-order valence-corrected chi connectivity index (χ0v) is 9.54. The minimum Gasteiger partial charge on any atom is -0.393 e. The molecule has 0 bridgehead atoms. The predicted octanol–water partition coefficient (Wildman–Crippen LogP) is 1.08. The van der Waals surface area contributed by atoms with Crippen LogP contribution in [0.5, 0.6) is 0 Å². The molecular weight excluding hydrogens is 212 g/mol. The summed E-state index contributed by atoms with van der Waals surface area (Å²) < 4.78 is 1.72. The highest BCUT2D eigenvalue weighted by Gasteiger charge is 2.09. The molecule has 15 heavy (non-hydrogen) atoms. The largest absolute Gasteiger partial charge is 0.393 e. The number of nitrogens with one attached hydrogen (secondary N) is 1. The molecule has 0 aromatic carbocycles. The second-order valence-electron chi connectivity index (χ2n) is 3.45. The molecule has 0 fully saturated rings. The highest BCUT2D eigenvalue weighted by Crippen LogP contribution is 2.12. The van der Waals surface area contributed by atoms with Crippen molar-refractivity contribution in [1.29, 1.82) is 0 Å². The van der Waals surface area contributed by atoms with Crippen LogP contribution in [0.25, 0.3) is 0 Å². The maximum atomic E-state index is 11.4. The molecule has 3 N–H and O–H groups in total. The fourth-order valence-corrected chi connectivity index (χ4v) is 1.30. The van der Waals surface area contributed by atoms with Gasteiger partial charge >= 0.3 is 0 Å². The van der Waals surface area contributed by atoms with E-state index in [4.69, 9.17) is 5.73 Å². The van der Waals surface area contributed by atoms with Gasteiger partial charge in [0.1, 0.15) is 5.82 Å². The van der Waals surface area contributed by atoms with Crippen molar-refractivity contribution in [3.8, 4) is 0 Å². The maximum absolute atomic E-state index is 11.4. The van der Waals surface area contributed by atoms with Gasteiger partial charge in [-0.25, -0.2) is 4.68 Å². The van der Waals surface area contributed by atoms with Crippen LogP contribution < -0.4 is 11.1 Å². The van der Waals surface area contributed by atoms with Gasteiger partial charge in [-0.3, -0.25) is 4.79 Å². The van der Waals surface area contributed by atoms with E-state index >= 15 is 0 Å². The van der Waals surface area contributed by atoms with Crippen LogP contribution in [0.2, 0.25) is 0 Å². The van der Waals surface area contributed by atoms with Crippen LogP contribution >= 0.6 is 12.2 Å². The Morgan fingerprint density at radius 3 is 2.93 bits per heavy atom. The number of hydrogen-bond donors (Lipinski definition) is 2. The van der Waals surface area contributed by atoms with Crippen LogP contribution in [-0.4, -0.2) is 20.7 Å². The molecule has 0 saturated heterocycles. The normalized spacial score (nSPS) is 10.3. The Balaban J connectivity index is 2.68. The van der Waals surface area contributed by atoms with E-state index in [0.717, 1.165) is 0 Å². The van der Waals surface area contributed by atoms with Gasteiger partial charge in [-0.05, 0) is 13.8 Å². The molecule has 0 aliphatic carbocycles. The lowest BCUT2D eigenvalue weighted by Crippen LogP contribution is -2.22. The Kier molecular flexibility index (Phi) is 3.79. The standard InChI is InChI=1S/C9H14N4OS/c1-6(2)13-8(3-4-11-13)12-9(14)5-7(10)15/h3-4,6H,5H2,1-2H3,(H2,10,15)(H,12,14). The summed E-state index contributed by atoms with van der Waals surface area (Å²) in [7, 11) is 0. The molecule has 0 aliphatic heterocycles. The van der Waals surface area contributed by atoms with Gasteiger partial charge in [0.2, 0.25) is 5.91 Å². The first-order valence-corrected chi connectivity index (χ1v) is 5.03. The summed E-state index contributed by atoms with van der Waals surface area (Å²) in [5.41, 5.74) is 5.27. The number of aromatic nitrogens is 2. The van der Waals surface area contributed by atoms with Gasteiger partial charge in [-0.2, -0.15) is 5.10 Å². The third kappa shape index (κ3) is 3.32. The molecule has 0 spiro atoms. The third-order valence-electron chi connectivity index (χ3n) is 1.76. The monoisotopic (exact) mass is 226 g/mol. The first-order chi connectivity index (χ1) is 7.00. The van der Waals surface area contributed by atoms with E-state index < -0.39 is 0 Å². The molecular formula is C9H14N4OS. The van der Waals surface area contributed by atoms with Crippen molar-refractivity contribution in [3.05, 3.63) is 12.3 Å². The van der Waals surface area contributed by atoms with E-state index in [1.165, 1.54) is 0 Å². The molecule has 1 aromatic heterocycles. The van der Waals surface area contributed by atoms with Gasteiger partial charge in [0.05, 0.1) is 17.6 Å². The van der Waals surface area contributed by atoms with Crippen LogP contribution in [0.4, 0.5) is 5.82 Å². The first kappa shape index (κ1) is 11.6. The second-order valence-corrected chi connectivity index (χ2v) is 3.97. The van der Waals surface area contributed by atoms with Crippen LogP contribution in [0.1, 0.15) is 26.3 Å². The number of nitrogens with zero attached hydrogens (tertiary/aromatic N) is 2. The third-order valence-corrected chi connectivity index (χ3v) is 1.91. The summed E-state index contributed by atoms with van der Waals surface area (Å²) in [4.78, 5) is 11.6. The van der Waals surface area contributed by atoms with Gasteiger partial charge in [0.15, 0.2) is 0 Å². The molecule has 1 rings (SSSR count). The van der Waals surface area contributed by atoms with Crippen molar-refractivity contribution in [2.24, 2.45) is 5.73 Å². The van der Waals surface area contributed by atoms with Gasteiger partial charge in [-0.15, -0.1) is 0 Å². The number of carbonyl (C=O) groups excluding carboxylic acids is 1. The van der Waals surface area contributed by atoms with Crippen molar-refractivity contribution >= 4 is 28.9 Å². The van der Waals surface area contributed by atoms with Gasteiger partial charge < -0.3 is 11.1 Å². The zero-order chi connectivity index (χ0) is 11.4. The van der Waals surface area contributed by atoms with Gasteiger partial charge in [0, 0.05) is 12.1 Å². The fourth-order valence-electron chi connectivity index (χ4n) is 1.17. The van der Waals surface area contributed by atoms with Crippen molar-refractivity contribution in [2.75, 3.05) is 5.32 Å². The Hall–Kier alpha value is -1.43. The van der Waals surface area contributed by atoms with E-state index in [1.807, 2.05) is 13.8 Å². The quantitative estimate of drug-likeness (QED) is 0.753. The number of rotatable bonds is 4. The predicted molar refractivity (Wildman–Crippen MR) is 62.6 cm³/mol. The number of hydrogen-bond acceptors (Lipinski definition) is 3. The Morgan fingerprint density at radius 1 is 1.73 bits per heavy atom. The number of nitrogens with two attached hydrogens (primary N) is 1. The fraction of sp³-hybridized carbons (Fsp3) is 0.444. The summed E-state index contributed by atoms with van der Waals surface area (Å²) in [6.45, 7) is 3.96. The Bertz CT molecular complexity index is 372. The number of thiocarbonyl (C=S) groups is 1. The molecule has 0 saturated carbocycles. The van der Waals surface area contributed by atoms with Crippen LogP contribution in [-0.2, 0) is 4.79 Å². The molecule has 1 aromatic rings. The molecule has 0 unspecified atom stereocenters. The minimum absolute atomic E-state index is 0.0542. The summed E-state index contributed by atoms with van der Waals surface area (Å²) in [5, 5.41) is 6.78. The topological polar surface area (TPSA) is 72.9 Å². The van der Waals surface area contributed by atoms with Gasteiger partial charge in [-0.1, -0.05) is 12.2 Å². The van der Waals surface area contributed by atoms with E-state index in [9.17, 15) is 4.79 Å². The van der Waals surface area contributed by atoms with Crippen molar-refractivity contribution in [2.45, 2.75) is 26.3 Å². The highest BCUT2D eigenvalue weighted by molar-refractivity contribution is 7.80. The van der Waals surface area contributed by atoms with Crippen LogP contribution in [0, 0.1) is 0 Å². The number of amides is 1. The average molecular weight is 226 g/mol. The van der Waals surface area contributed by atoms with Gasteiger partial charge in [0.25, 0.3) is 0 Å². The first-order valence-electron chi connectivity index (χ1n) is 4.62. The van der Waals surface area contributed by atoms with E-state index in [0.29, 0.717) is 5.82 Å². The lowest BCUT2D eigenvalue weighted by molar-refractivity contribution is -0.115. The highest BCUT2D eigenvalue weighted by atomic mass is 32.1. The van der Waals surface area contributed by atoms with E-state index in [-0.39, 0.29) is 23.4 Å².